The molecule has 18 heavy (non-hydrogen) atoms. The van der Waals surface area contributed by atoms with Gasteiger partial charge in [-0.3, -0.25) is 4.79 Å². The lowest BCUT2D eigenvalue weighted by Crippen LogP contribution is -2.36. The predicted octanol–water partition coefficient (Wildman–Crippen LogP) is 3.25. The zero-order chi connectivity index (χ0) is 13.3. The molecular formula is C15H20N2O. The van der Waals surface area contributed by atoms with Gasteiger partial charge < -0.3 is 10.3 Å². The van der Waals surface area contributed by atoms with E-state index in [4.69, 9.17) is 0 Å². The Kier molecular flexibility index (Phi) is 3.41. The molecule has 0 spiro atoms. The molecule has 1 amide bonds. The minimum absolute atomic E-state index is 0.0370. The summed E-state index contributed by atoms with van der Waals surface area (Å²) in [5.41, 5.74) is 2.83. The molecule has 0 aliphatic rings. The van der Waals surface area contributed by atoms with Crippen molar-refractivity contribution in [1.29, 1.82) is 0 Å². The quantitative estimate of drug-likeness (QED) is 0.855. The number of nitrogens with one attached hydrogen (secondary N) is 2. The smallest absolute Gasteiger partial charge is 0.267 e. The van der Waals surface area contributed by atoms with Crippen LogP contribution < -0.4 is 5.32 Å². The van der Waals surface area contributed by atoms with E-state index in [0.717, 1.165) is 10.9 Å². The fourth-order valence-corrected chi connectivity index (χ4v) is 1.81. The molecule has 0 radical (unpaired) electrons. The van der Waals surface area contributed by atoms with Gasteiger partial charge in [0, 0.05) is 16.9 Å². The summed E-state index contributed by atoms with van der Waals surface area (Å²) in [5.74, 6) is 0.394. The van der Waals surface area contributed by atoms with Crippen LogP contribution in [0.3, 0.4) is 0 Å². The van der Waals surface area contributed by atoms with Crippen molar-refractivity contribution >= 4 is 16.8 Å². The normalized spacial score (nSPS) is 12.9. The lowest BCUT2D eigenvalue weighted by Gasteiger charge is -2.16. The maximum Gasteiger partial charge on any atom is 0.267 e. The maximum absolute atomic E-state index is 12.1. The molecule has 0 saturated heterocycles. The summed E-state index contributed by atoms with van der Waals surface area (Å²) < 4.78 is 0. The topological polar surface area (TPSA) is 44.9 Å². The van der Waals surface area contributed by atoms with E-state index in [2.05, 4.69) is 36.3 Å². The first-order valence-corrected chi connectivity index (χ1v) is 6.37. The van der Waals surface area contributed by atoms with Gasteiger partial charge in [0.05, 0.1) is 0 Å². The van der Waals surface area contributed by atoms with Gasteiger partial charge in [0.25, 0.3) is 5.91 Å². The number of aromatic nitrogens is 1. The van der Waals surface area contributed by atoms with Gasteiger partial charge in [-0.05, 0) is 37.5 Å². The number of fused-ring (bicyclic) bond motifs is 1. The first-order valence-electron chi connectivity index (χ1n) is 6.37. The van der Waals surface area contributed by atoms with E-state index >= 15 is 0 Å². The molecule has 1 aromatic heterocycles. The van der Waals surface area contributed by atoms with Gasteiger partial charge >= 0.3 is 0 Å². The van der Waals surface area contributed by atoms with E-state index in [-0.39, 0.29) is 11.9 Å². The molecular weight excluding hydrogens is 224 g/mol. The molecule has 0 saturated carbocycles. The number of carbonyl (C=O) groups is 1. The molecule has 1 heterocycles. The molecule has 96 valence electrons. The third-order valence-electron chi connectivity index (χ3n) is 3.38. The Hall–Kier alpha value is -1.77. The average molecular weight is 244 g/mol. The van der Waals surface area contributed by atoms with E-state index in [0.29, 0.717) is 11.6 Å². The number of benzene rings is 1. The monoisotopic (exact) mass is 244 g/mol. The summed E-state index contributed by atoms with van der Waals surface area (Å²) in [5, 5.41) is 4.07. The summed E-state index contributed by atoms with van der Waals surface area (Å²) in [6.45, 7) is 8.26. The number of aryl methyl sites for hydroxylation is 1. The molecule has 0 aliphatic heterocycles. The van der Waals surface area contributed by atoms with E-state index in [1.807, 2.05) is 26.0 Å². The van der Waals surface area contributed by atoms with E-state index in [9.17, 15) is 4.79 Å². The highest BCUT2D eigenvalue weighted by molar-refractivity contribution is 5.98. The summed E-state index contributed by atoms with van der Waals surface area (Å²) in [6, 6.07) is 8.21. The second-order valence-electron chi connectivity index (χ2n) is 5.28. The van der Waals surface area contributed by atoms with Gasteiger partial charge in [-0.2, -0.15) is 0 Å². The Balaban J connectivity index is 2.23. The van der Waals surface area contributed by atoms with Crippen LogP contribution in [-0.2, 0) is 0 Å². The van der Waals surface area contributed by atoms with Crippen LogP contribution in [0.2, 0.25) is 0 Å². The van der Waals surface area contributed by atoms with Gasteiger partial charge in [0.2, 0.25) is 0 Å². The third-order valence-corrected chi connectivity index (χ3v) is 3.38. The van der Waals surface area contributed by atoms with Crippen LogP contribution in [0.5, 0.6) is 0 Å². The second kappa shape index (κ2) is 4.84. The standard InChI is InChI=1S/C15H20N2O/c1-9(2)11(4)16-15(18)14-8-12-6-5-10(3)7-13(12)17-14/h5-9,11,17H,1-4H3,(H,16,18). The molecule has 0 aliphatic carbocycles. The Morgan fingerprint density at radius 1 is 1.22 bits per heavy atom. The number of hydrogen-bond donors (Lipinski definition) is 2. The van der Waals surface area contributed by atoms with Crippen molar-refractivity contribution in [3.63, 3.8) is 0 Å². The number of hydrogen-bond acceptors (Lipinski definition) is 1. The molecule has 0 fully saturated rings. The van der Waals surface area contributed by atoms with Crippen LogP contribution in [0.25, 0.3) is 10.9 Å². The summed E-state index contributed by atoms with van der Waals surface area (Å²) in [4.78, 5) is 15.2. The van der Waals surface area contributed by atoms with E-state index in [1.165, 1.54) is 5.56 Å². The van der Waals surface area contributed by atoms with E-state index in [1.54, 1.807) is 0 Å². The van der Waals surface area contributed by atoms with Crippen molar-refractivity contribution in [2.24, 2.45) is 5.92 Å². The second-order valence-corrected chi connectivity index (χ2v) is 5.28. The number of H-pyrrole nitrogens is 1. The highest BCUT2D eigenvalue weighted by Gasteiger charge is 2.14. The van der Waals surface area contributed by atoms with Crippen molar-refractivity contribution in [2.75, 3.05) is 0 Å². The maximum atomic E-state index is 12.1. The summed E-state index contributed by atoms with van der Waals surface area (Å²) in [7, 11) is 0. The number of amides is 1. The molecule has 2 aromatic rings. The summed E-state index contributed by atoms with van der Waals surface area (Å²) in [6.07, 6.45) is 0. The van der Waals surface area contributed by atoms with Crippen LogP contribution >= 0.6 is 0 Å². The van der Waals surface area contributed by atoms with Gasteiger partial charge in [-0.15, -0.1) is 0 Å². The van der Waals surface area contributed by atoms with Crippen LogP contribution in [0.15, 0.2) is 24.3 Å². The molecule has 1 atom stereocenters. The summed E-state index contributed by atoms with van der Waals surface area (Å²) >= 11 is 0. The molecule has 0 bridgehead atoms. The molecule has 3 nitrogen and oxygen atoms in total. The molecule has 2 rings (SSSR count). The SMILES string of the molecule is Cc1ccc2cc(C(=O)NC(C)C(C)C)[nH]c2c1. The average Bonchev–Trinajstić information content (AvgIpc) is 2.71. The predicted molar refractivity (Wildman–Crippen MR) is 74.8 cm³/mol. The fraction of sp³-hybridized carbons (Fsp3) is 0.400. The van der Waals surface area contributed by atoms with Gasteiger partial charge in [0.1, 0.15) is 5.69 Å². The Morgan fingerprint density at radius 3 is 2.61 bits per heavy atom. The lowest BCUT2D eigenvalue weighted by molar-refractivity contribution is 0.0926. The van der Waals surface area contributed by atoms with Crippen molar-refractivity contribution in [3.05, 3.63) is 35.5 Å². The molecule has 1 unspecified atom stereocenters. The Labute approximate surface area is 108 Å². The van der Waals surface area contributed by atoms with Crippen LogP contribution in [0.4, 0.5) is 0 Å². The van der Waals surface area contributed by atoms with Gasteiger partial charge in [-0.25, -0.2) is 0 Å². The largest absolute Gasteiger partial charge is 0.351 e. The van der Waals surface area contributed by atoms with Crippen molar-refractivity contribution < 1.29 is 4.79 Å². The Morgan fingerprint density at radius 2 is 1.94 bits per heavy atom. The minimum Gasteiger partial charge on any atom is -0.351 e. The van der Waals surface area contributed by atoms with Crippen molar-refractivity contribution in [2.45, 2.75) is 33.7 Å². The first-order chi connectivity index (χ1) is 8.47. The number of rotatable bonds is 3. The third kappa shape index (κ3) is 2.55. The minimum atomic E-state index is -0.0370. The van der Waals surface area contributed by atoms with E-state index < -0.39 is 0 Å². The first kappa shape index (κ1) is 12.7. The zero-order valence-electron chi connectivity index (χ0n) is 11.4. The highest BCUT2D eigenvalue weighted by Crippen LogP contribution is 2.17. The number of carbonyl (C=O) groups excluding carboxylic acids is 1. The highest BCUT2D eigenvalue weighted by atomic mass is 16.1. The molecule has 3 heteroatoms. The van der Waals surface area contributed by atoms with Gasteiger partial charge in [0.15, 0.2) is 0 Å². The van der Waals surface area contributed by atoms with Crippen molar-refractivity contribution in [1.82, 2.24) is 10.3 Å². The van der Waals surface area contributed by atoms with Crippen LogP contribution in [-0.4, -0.2) is 16.9 Å². The lowest BCUT2D eigenvalue weighted by atomic mass is 10.1. The number of aromatic amines is 1. The van der Waals surface area contributed by atoms with Crippen LogP contribution in [0, 0.1) is 12.8 Å². The fourth-order valence-electron chi connectivity index (χ4n) is 1.81. The molecule has 2 N–H and O–H groups in total. The Bertz CT molecular complexity index is 569. The van der Waals surface area contributed by atoms with Crippen LogP contribution in [0.1, 0.15) is 36.8 Å². The van der Waals surface area contributed by atoms with Crippen molar-refractivity contribution in [3.8, 4) is 0 Å². The zero-order valence-corrected chi connectivity index (χ0v) is 11.4. The van der Waals surface area contributed by atoms with Gasteiger partial charge in [-0.1, -0.05) is 26.0 Å². The molecule has 1 aromatic carbocycles.